The van der Waals surface area contributed by atoms with E-state index in [1.54, 1.807) is 7.11 Å². The van der Waals surface area contributed by atoms with E-state index >= 15 is 0 Å². The molecule has 0 aromatic heterocycles. The number of fused-ring (bicyclic) bond motifs is 2. The van der Waals surface area contributed by atoms with E-state index in [4.69, 9.17) is 14.2 Å². The minimum Gasteiger partial charge on any atom is -0.481 e. The van der Waals surface area contributed by atoms with Crippen LogP contribution in [0.5, 0.6) is 0 Å². The van der Waals surface area contributed by atoms with Crippen LogP contribution in [0.1, 0.15) is 105 Å². The number of allylic oxidation sites excluding steroid dienone is 6. The van der Waals surface area contributed by atoms with Crippen LogP contribution >= 0.6 is 0 Å². The number of aliphatic hydroxyl groups excluding tert-OH is 3. The molecule has 10 nitrogen and oxygen atoms in total. The fourth-order valence-electron chi connectivity index (χ4n) is 15.4. The van der Waals surface area contributed by atoms with Crippen molar-refractivity contribution >= 4 is 11.9 Å². The second-order valence-corrected chi connectivity index (χ2v) is 19.7. The van der Waals surface area contributed by atoms with Gasteiger partial charge in [-0.1, -0.05) is 70.6 Å². The van der Waals surface area contributed by atoms with E-state index in [1.807, 2.05) is 0 Å². The Kier molecular flexibility index (Phi) is 8.14. The summed E-state index contributed by atoms with van der Waals surface area (Å²) in [6, 6.07) is 0. The molecule has 5 fully saturated rings. The normalized spacial score (nSPS) is 54.1. The minimum absolute atomic E-state index is 0.0104. The average Bonchev–Trinajstić information content (AvgIpc) is 3.05. The predicted molar refractivity (Wildman–Crippen MR) is 191 cm³/mol. The van der Waals surface area contributed by atoms with E-state index in [0.717, 1.165) is 57.8 Å². The number of ether oxygens (including phenoxy) is 3. The molecule has 0 aromatic carbocycles. The van der Waals surface area contributed by atoms with Gasteiger partial charge in [0.25, 0.3) is 0 Å². The molecule has 5 N–H and O–H groups in total. The van der Waals surface area contributed by atoms with Gasteiger partial charge in [-0.2, -0.15) is 0 Å². The lowest BCUT2D eigenvalue weighted by Crippen LogP contribution is -2.73. The summed E-state index contributed by atoms with van der Waals surface area (Å²) in [7, 11) is 1.71. The molecule has 1 saturated heterocycles. The van der Waals surface area contributed by atoms with Crippen LogP contribution in [0.3, 0.4) is 0 Å². The fraction of sp³-hybridized carbons (Fsp3) is 0.810. The highest BCUT2D eigenvalue weighted by Gasteiger charge is 2.79. The molecule has 1 aliphatic heterocycles. The molecule has 0 unspecified atom stereocenters. The van der Waals surface area contributed by atoms with E-state index in [2.05, 4.69) is 65.0 Å². The van der Waals surface area contributed by atoms with Crippen LogP contribution < -0.4 is 0 Å². The number of hydrogen-bond acceptors (Lipinski definition) is 8. The average molecular weight is 725 g/mol. The minimum atomic E-state index is -1.77. The molecular weight excluding hydrogens is 664 g/mol. The Balaban J connectivity index is 1.19. The van der Waals surface area contributed by atoms with Crippen molar-refractivity contribution in [3.05, 3.63) is 36.0 Å². The van der Waals surface area contributed by atoms with E-state index in [9.17, 15) is 35.1 Å². The van der Waals surface area contributed by atoms with E-state index in [1.165, 1.54) is 5.57 Å². The predicted octanol–water partition coefficient (Wildman–Crippen LogP) is 5.64. The van der Waals surface area contributed by atoms with Crippen molar-refractivity contribution in [2.75, 3.05) is 13.7 Å². The second kappa shape index (κ2) is 11.5. The van der Waals surface area contributed by atoms with Crippen molar-refractivity contribution in [3.8, 4) is 0 Å². The SMILES string of the molecule is COC[C@@H]1C[C@]2(C)CC=C[C@]3(C2)C2=CC[C@@]45C=CC[C@]2(CC[C@@]13C(=O)O)[C@]4(C)CC[C@H]1C(C)(C)[C@@H](O[C@@H]2O[C@H](C(=O)O)[C@@H](O)[C@H](O)[C@H]2O)CC[C@@]15C. The Bertz CT molecular complexity index is 1620. The summed E-state index contributed by atoms with van der Waals surface area (Å²) in [6.07, 6.45) is 13.0. The maximum Gasteiger partial charge on any atom is 0.335 e. The van der Waals surface area contributed by atoms with Gasteiger partial charge in [0.15, 0.2) is 12.4 Å². The van der Waals surface area contributed by atoms with Gasteiger partial charge in [-0.25, -0.2) is 4.79 Å². The van der Waals surface area contributed by atoms with Gasteiger partial charge in [0.2, 0.25) is 0 Å². The Morgan fingerprint density at radius 2 is 1.62 bits per heavy atom. The van der Waals surface area contributed by atoms with E-state index in [0.29, 0.717) is 19.4 Å². The molecule has 4 saturated carbocycles. The first kappa shape index (κ1) is 36.9. The molecule has 15 atom stereocenters. The molecule has 52 heavy (non-hydrogen) atoms. The molecule has 7 aliphatic carbocycles. The molecule has 0 radical (unpaired) electrons. The van der Waals surface area contributed by atoms with Crippen LogP contribution in [-0.2, 0) is 23.8 Å². The van der Waals surface area contributed by atoms with Crippen LogP contribution in [-0.4, -0.2) is 88.0 Å². The topological polar surface area (TPSA) is 163 Å². The van der Waals surface area contributed by atoms with Gasteiger partial charge < -0.3 is 39.7 Å². The van der Waals surface area contributed by atoms with Crippen molar-refractivity contribution < 1.29 is 49.3 Å². The summed E-state index contributed by atoms with van der Waals surface area (Å²) < 4.78 is 17.9. The molecule has 0 aromatic rings. The molecule has 10 heteroatoms. The zero-order valence-electron chi connectivity index (χ0n) is 31.8. The van der Waals surface area contributed by atoms with Crippen molar-refractivity contribution in [1.82, 2.24) is 0 Å². The van der Waals surface area contributed by atoms with Gasteiger partial charge >= 0.3 is 11.9 Å². The molecule has 2 spiro atoms. The van der Waals surface area contributed by atoms with Gasteiger partial charge in [0.1, 0.15) is 18.3 Å². The van der Waals surface area contributed by atoms with Crippen molar-refractivity contribution in [2.24, 2.45) is 55.2 Å². The van der Waals surface area contributed by atoms with Crippen LogP contribution in [0.2, 0.25) is 0 Å². The summed E-state index contributed by atoms with van der Waals surface area (Å²) in [4.78, 5) is 25.7. The zero-order chi connectivity index (χ0) is 37.5. The maximum atomic E-state index is 13.9. The quantitative estimate of drug-likeness (QED) is 0.171. The number of carboxylic acid groups (broad SMARTS) is 2. The van der Waals surface area contributed by atoms with Crippen LogP contribution in [0, 0.1) is 55.2 Å². The summed E-state index contributed by atoms with van der Waals surface area (Å²) >= 11 is 0. The van der Waals surface area contributed by atoms with Gasteiger partial charge in [0, 0.05) is 29.3 Å². The molecular formula is C42H60O10. The first-order valence-electron chi connectivity index (χ1n) is 19.7. The Hall–Kier alpha value is -2.08. The number of aliphatic carboxylic acids is 2. The standard InChI is InChI=1S/C42H60O10/c1-35(2)25-9-17-38(5)39-13-8-15-41(38,37(25,4)16-11-27(35)51-33-30(45)28(43)29(44)31(52-33)32(46)47)18-10-26(39)40-14-7-12-36(3,23-40)21-24(22-50-6)42(40,20-19-39)34(48)49/h7-8,10,14-15,24-25,27-31,33,43-45H,9,11-13,16-23H2,1-6H3,(H,46,47)(H,48,49)/t24-,25-,27-,28-,29-,30+,31-,33+,36-,37-,38-,39+,40-,41+,42-/m0/s1. The van der Waals surface area contributed by atoms with Gasteiger partial charge in [0.05, 0.1) is 18.1 Å². The van der Waals surface area contributed by atoms with E-state index in [-0.39, 0.29) is 45.0 Å². The number of rotatable bonds is 6. The third kappa shape index (κ3) is 4.18. The van der Waals surface area contributed by atoms with Gasteiger partial charge in [-0.15, -0.1) is 0 Å². The molecule has 4 bridgehead atoms. The number of methoxy groups -OCH3 is 1. The highest BCUT2D eigenvalue weighted by molar-refractivity contribution is 5.79. The molecule has 288 valence electrons. The molecule has 1 heterocycles. The number of hydrogen-bond donors (Lipinski definition) is 5. The summed E-state index contributed by atoms with van der Waals surface area (Å²) in [6.45, 7) is 12.3. The van der Waals surface area contributed by atoms with Gasteiger partial charge in [-0.05, 0) is 98.2 Å². The lowest BCUT2D eigenvalue weighted by atomic mass is 9.24. The smallest absolute Gasteiger partial charge is 0.335 e. The van der Waals surface area contributed by atoms with E-state index < -0.39 is 58.9 Å². The van der Waals surface area contributed by atoms with Crippen molar-refractivity contribution in [1.29, 1.82) is 0 Å². The number of aliphatic hydroxyl groups is 3. The summed E-state index contributed by atoms with van der Waals surface area (Å²) in [5.74, 6) is -1.95. The summed E-state index contributed by atoms with van der Waals surface area (Å²) in [5.41, 5.74) is -1.09. The third-order valence-corrected chi connectivity index (χ3v) is 17.7. The second-order valence-electron chi connectivity index (χ2n) is 19.7. The number of carbonyl (C=O) groups is 2. The van der Waals surface area contributed by atoms with Crippen LogP contribution in [0.4, 0.5) is 0 Å². The van der Waals surface area contributed by atoms with Gasteiger partial charge in [-0.3, -0.25) is 4.79 Å². The zero-order valence-corrected chi connectivity index (χ0v) is 31.8. The third-order valence-electron chi connectivity index (χ3n) is 17.7. The first-order chi connectivity index (χ1) is 24.4. The lowest BCUT2D eigenvalue weighted by molar-refractivity contribution is -0.327. The maximum absolute atomic E-state index is 13.9. The monoisotopic (exact) mass is 724 g/mol. The van der Waals surface area contributed by atoms with Crippen molar-refractivity contribution in [2.45, 2.75) is 142 Å². The molecule has 8 rings (SSSR count). The highest BCUT2D eigenvalue weighted by atomic mass is 16.7. The fourth-order valence-corrected chi connectivity index (χ4v) is 15.4. The first-order valence-corrected chi connectivity index (χ1v) is 19.7. The number of carboxylic acids is 2. The van der Waals surface area contributed by atoms with Crippen LogP contribution in [0.25, 0.3) is 0 Å². The molecule has 8 aliphatic rings. The summed E-state index contributed by atoms with van der Waals surface area (Å²) in [5, 5.41) is 52.7. The highest BCUT2D eigenvalue weighted by Crippen LogP contribution is 2.85. The molecule has 0 amide bonds. The largest absolute Gasteiger partial charge is 0.481 e. The van der Waals surface area contributed by atoms with Crippen LogP contribution in [0.15, 0.2) is 36.0 Å². The lowest BCUT2D eigenvalue weighted by Gasteiger charge is -2.79. The Morgan fingerprint density at radius 3 is 2.31 bits per heavy atom. The Labute approximate surface area is 307 Å². The Morgan fingerprint density at radius 1 is 0.885 bits per heavy atom. The van der Waals surface area contributed by atoms with Crippen molar-refractivity contribution in [3.63, 3.8) is 0 Å².